The van der Waals surface area contributed by atoms with E-state index in [1.54, 1.807) is 7.05 Å². The maximum atomic E-state index is 5.74. The number of aromatic nitrogens is 1. The first kappa shape index (κ1) is 25.1. The molecule has 0 saturated carbocycles. The van der Waals surface area contributed by atoms with Gasteiger partial charge >= 0.3 is 0 Å². The third-order valence-corrected chi connectivity index (χ3v) is 5.74. The van der Waals surface area contributed by atoms with Gasteiger partial charge in [0.15, 0.2) is 5.96 Å². The smallest absolute Gasteiger partial charge is 0.191 e. The molecule has 0 radical (unpaired) electrons. The second kappa shape index (κ2) is 14.0. The van der Waals surface area contributed by atoms with E-state index in [0.29, 0.717) is 12.5 Å². The number of hydrogen-bond acceptors (Lipinski definition) is 5. The van der Waals surface area contributed by atoms with Crippen LogP contribution in [0.2, 0.25) is 0 Å². The highest BCUT2D eigenvalue weighted by Gasteiger charge is 2.17. The molecule has 0 aliphatic carbocycles. The Hall–Kier alpha value is -1.13. The van der Waals surface area contributed by atoms with Gasteiger partial charge in [-0.2, -0.15) is 0 Å². The summed E-state index contributed by atoms with van der Waals surface area (Å²) < 4.78 is 11.1. The van der Waals surface area contributed by atoms with Crippen molar-refractivity contribution in [3.63, 3.8) is 0 Å². The lowest BCUT2D eigenvalue weighted by Gasteiger charge is -2.31. The van der Waals surface area contributed by atoms with Crippen molar-refractivity contribution in [2.24, 2.45) is 16.8 Å². The first-order valence-corrected chi connectivity index (χ1v) is 11.0. The summed E-state index contributed by atoms with van der Waals surface area (Å²) in [5, 5.41) is 6.69. The van der Waals surface area contributed by atoms with E-state index in [2.05, 4.69) is 44.6 Å². The highest BCUT2D eigenvalue weighted by molar-refractivity contribution is 14.0. The SMILES string of the molecule is CN=C(NCCCOCC1CCOC1)NCc1ccc(N2CCC(C)CC2)nc1.I. The second-order valence-electron chi connectivity index (χ2n) is 8.20. The zero-order valence-electron chi connectivity index (χ0n) is 18.4. The number of rotatable bonds is 9. The van der Waals surface area contributed by atoms with Gasteiger partial charge in [-0.15, -0.1) is 24.0 Å². The van der Waals surface area contributed by atoms with Crippen LogP contribution in [0.4, 0.5) is 5.82 Å². The molecular formula is C22H38IN5O2. The van der Waals surface area contributed by atoms with Gasteiger partial charge in [0.1, 0.15) is 5.82 Å². The van der Waals surface area contributed by atoms with E-state index in [-0.39, 0.29) is 24.0 Å². The van der Waals surface area contributed by atoms with Crippen LogP contribution >= 0.6 is 24.0 Å². The quantitative estimate of drug-likeness (QED) is 0.221. The first-order valence-electron chi connectivity index (χ1n) is 11.0. The maximum absolute atomic E-state index is 5.74. The highest BCUT2D eigenvalue weighted by Crippen LogP contribution is 2.21. The van der Waals surface area contributed by atoms with Crippen LogP contribution in [0.5, 0.6) is 0 Å². The number of hydrogen-bond donors (Lipinski definition) is 2. The van der Waals surface area contributed by atoms with E-state index in [0.717, 1.165) is 82.2 Å². The lowest BCUT2D eigenvalue weighted by Crippen LogP contribution is -2.37. The number of piperidine rings is 1. The molecule has 2 aliphatic heterocycles. The third-order valence-electron chi connectivity index (χ3n) is 5.74. The Balaban J connectivity index is 0.00000320. The fourth-order valence-corrected chi connectivity index (χ4v) is 3.70. The van der Waals surface area contributed by atoms with Crippen LogP contribution in [-0.4, -0.2) is 64.1 Å². The standard InChI is InChI=1S/C22H37N5O2.HI/c1-18-6-10-27(11-7-18)21-5-4-19(14-25-21)15-26-22(23-2)24-9-3-12-28-16-20-8-13-29-17-20;/h4-5,14,18,20H,3,6-13,15-17H2,1-2H3,(H2,23,24,26);1H. The third kappa shape index (κ3) is 8.55. The van der Waals surface area contributed by atoms with Crippen molar-refractivity contribution >= 4 is 35.8 Å². The van der Waals surface area contributed by atoms with Gasteiger partial charge in [0.2, 0.25) is 0 Å². The van der Waals surface area contributed by atoms with Gasteiger partial charge < -0.3 is 25.0 Å². The van der Waals surface area contributed by atoms with Crippen molar-refractivity contribution in [3.05, 3.63) is 23.9 Å². The number of halogens is 1. The highest BCUT2D eigenvalue weighted by atomic mass is 127. The molecule has 2 aliphatic rings. The van der Waals surface area contributed by atoms with Gasteiger partial charge in [-0.3, -0.25) is 4.99 Å². The maximum Gasteiger partial charge on any atom is 0.191 e. The zero-order chi connectivity index (χ0) is 20.3. The Bertz CT molecular complexity index is 614. The van der Waals surface area contributed by atoms with Crippen molar-refractivity contribution < 1.29 is 9.47 Å². The number of guanidine groups is 1. The van der Waals surface area contributed by atoms with E-state index < -0.39 is 0 Å². The molecule has 1 atom stereocenters. The number of ether oxygens (including phenoxy) is 2. The van der Waals surface area contributed by atoms with Gasteiger partial charge in [0.25, 0.3) is 0 Å². The van der Waals surface area contributed by atoms with Gasteiger partial charge in [-0.25, -0.2) is 4.98 Å². The Kier molecular flexibility index (Phi) is 11.8. The molecule has 3 heterocycles. The van der Waals surface area contributed by atoms with Crippen LogP contribution in [-0.2, 0) is 16.0 Å². The Morgan fingerprint density at radius 2 is 2.10 bits per heavy atom. The fraction of sp³-hybridized carbons (Fsp3) is 0.727. The van der Waals surface area contributed by atoms with E-state index in [1.165, 1.54) is 12.8 Å². The molecule has 170 valence electrons. The van der Waals surface area contributed by atoms with Gasteiger partial charge in [0, 0.05) is 58.6 Å². The van der Waals surface area contributed by atoms with Crippen molar-refractivity contribution in [1.29, 1.82) is 0 Å². The monoisotopic (exact) mass is 531 g/mol. The van der Waals surface area contributed by atoms with E-state index >= 15 is 0 Å². The van der Waals surface area contributed by atoms with Crippen molar-refractivity contribution in [2.45, 2.75) is 39.2 Å². The summed E-state index contributed by atoms with van der Waals surface area (Å²) in [5.41, 5.74) is 1.16. The molecule has 1 aromatic heterocycles. The van der Waals surface area contributed by atoms with Gasteiger partial charge in [-0.05, 0) is 43.2 Å². The second-order valence-corrected chi connectivity index (χ2v) is 8.20. The largest absolute Gasteiger partial charge is 0.381 e. The summed E-state index contributed by atoms with van der Waals surface area (Å²) in [4.78, 5) is 11.3. The van der Waals surface area contributed by atoms with Crippen molar-refractivity contribution in [1.82, 2.24) is 15.6 Å². The molecule has 0 spiro atoms. The lowest BCUT2D eigenvalue weighted by atomic mass is 9.99. The molecule has 0 aromatic carbocycles. The van der Waals surface area contributed by atoms with Crippen molar-refractivity contribution in [3.8, 4) is 0 Å². The van der Waals surface area contributed by atoms with Crippen LogP contribution < -0.4 is 15.5 Å². The summed E-state index contributed by atoms with van der Waals surface area (Å²) in [6, 6.07) is 4.29. The van der Waals surface area contributed by atoms with Crippen LogP contribution in [0, 0.1) is 11.8 Å². The number of nitrogens with zero attached hydrogens (tertiary/aromatic N) is 3. The molecule has 1 aromatic rings. The summed E-state index contributed by atoms with van der Waals surface area (Å²) in [6.07, 6.45) is 6.56. The van der Waals surface area contributed by atoms with E-state index in [4.69, 9.17) is 9.47 Å². The Morgan fingerprint density at radius 3 is 2.77 bits per heavy atom. The number of aliphatic imine (C=N–C) groups is 1. The molecule has 0 bridgehead atoms. The summed E-state index contributed by atoms with van der Waals surface area (Å²) >= 11 is 0. The lowest BCUT2D eigenvalue weighted by molar-refractivity contribution is 0.0888. The fourth-order valence-electron chi connectivity index (χ4n) is 3.70. The first-order chi connectivity index (χ1) is 14.2. The summed E-state index contributed by atoms with van der Waals surface area (Å²) in [7, 11) is 1.80. The van der Waals surface area contributed by atoms with E-state index in [1.807, 2.05) is 6.20 Å². The van der Waals surface area contributed by atoms with E-state index in [9.17, 15) is 0 Å². The molecule has 1 unspecified atom stereocenters. The molecule has 3 rings (SSSR count). The minimum absolute atomic E-state index is 0. The summed E-state index contributed by atoms with van der Waals surface area (Å²) in [5.74, 6) is 3.31. The predicted octanol–water partition coefficient (Wildman–Crippen LogP) is 3.04. The molecule has 2 N–H and O–H groups in total. The Labute approximate surface area is 198 Å². The number of nitrogens with one attached hydrogen (secondary N) is 2. The van der Waals surface area contributed by atoms with Crippen LogP contribution in [0.1, 0.15) is 38.2 Å². The van der Waals surface area contributed by atoms with Crippen LogP contribution in [0.25, 0.3) is 0 Å². The minimum atomic E-state index is 0. The predicted molar refractivity (Wildman–Crippen MR) is 133 cm³/mol. The van der Waals surface area contributed by atoms with Crippen LogP contribution in [0.15, 0.2) is 23.3 Å². The minimum Gasteiger partial charge on any atom is -0.381 e. The number of anilines is 1. The molecule has 30 heavy (non-hydrogen) atoms. The van der Waals surface area contributed by atoms with Crippen molar-refractivity contribution in [2.75, 3.05) is 58.0 Å². The Morgan fingerprint density at radius 1 is 1.27 bits per heavy atom. The molecule has 8 heteroatoms. The van der Waals surface area contributed by atoms with Gasteiger partial charge in [0.05, 0.1) is 13.2 Å². The molecule has 2 saturated heterocycles. The topological polar surface area (TPSA) is 71.0 Å². The van der Waals surface area contributed by atoms with Crippen LogP contribution in [0.3, 0.4) is 0 Å². The van der Waals surface area contributed by atoms with Gasteiger partial charge in [-0.1, -0.05) is 13.0 Å². The molecular weight excluding hydrogens is 493 g/mol. The molecule has 2 fully saturated rings. The normalized spacial score (nSPS) is 20.1. The average Bonchev–Trinajstić information content (AvgIpc) is 3.27. The molecule has 7 nitrogen and oxygen atoms in total. The number of pyridine rings is 1. The summed E-state index contributed by atoms with van der Waals surface area (Å²) in [6.45, 7) is 9.41. The molecule has 0 amide bonds. The zero-order valence-corrected chi connectivity index (χ0v) is 20.8. The average molecular weight is 531 g/mol.